The van der Waals surface area contributed by atoms with Gasteiger partial charge in [0.2, 0.25) is 5.91 Å². The lowest BCUT2D eigenvalue weighted by molar-refractivity contribution is -0.123. The summed E-state index contributed by atoms with van der Waals surface area (Å²) in [6, 6.07) is 14.3. The Balaban J connectivity index is 1.19. The summed E-state index contributed by atoms with van der Waals surface area (Å²) in [4.78, 5) is 32.1. The number of benzene rings is 1. The molecule has 6 aromatic rings. The molecule has 234 valence electrons. The van der Waals surface area contributed by atoms with Crippen LogP contribution in [0.5, 0.6) is 5.75 Å². The zero-order valence-electron chi connectivity index (χ0n) is 26.0. The van der Waals surface area contributed by atoms with Crippen LogP contribution >= 0.6 is 0 Å². The number of fused-ring (bicyclic) bond motifs is 2. The van der Waals surface area contributed by atoms with Crippen molar-refractivity contribution in [1.82, 2.24) is 35.0 Å². The van der Waals surface area contributed by atoms with Crippen molar-refractivity contribution in [3.05, 3.63) is 72.9 Å². The molecule has 1 fully saturated rings. The maximum Gasteiger partial charge on any atom is 0.229 e. The second-order valence-corrected chi connectivity index (χ2v) is 12.7. The number of aromatic nitrogens is 6. The van der Waals surface area contributed by atoms with Crippen molar-refractivity contribution in [2.75, 3.05) is 31.6 Å². The van der Waals surface area contributed by atoms with E-state index in [2.05, 4.69) is 35.4 Å². The predicted molar refractivity (Wildman–Crippen MR) is 177 cm³/mol. The number of H-pyrrole nitrogens is 2. The fraction of sp³-hybridized carbons (Fsp3) is 0.286. The van der Waals surface area contributed by atoms with Gasteiger partial charge in [0.25, 0.3) is 0 Å². The Bertz CT molecular complexity index is 2060. The monoisotopic (exact) mass is 618 g/mol. The highest BCUT2D eigenvalue weighted by Gasteiger charge is 2.22. The predicted octanol–water partition coefficient (Wildman–Crippen LogP) is 6.83. The van der Waals surface area contributed by atoms with Crippen LogP contribution in [0.1, 0.15) is 33.6 Å². The molecule has 1 aromatic carbocycles. The van der Waals surface area contributed by atoms with Gasteiger partial charge in [0, 0.05) is 41.4 Å². The first-order valence-corrected chi connectivity index (χ1v) is 15.5. The van der Waals surface area contributed by atoms with Gasteiger partial charge in [0.15, 0.2) is 0 Å². The van der Waals surface area contributed by atoms with Crippen molar-refractivity contribution in [1.29, 1.82) is 0 Å². The largest absolute Gasteiger partial charge is 0.492 e. The van der Waals surface area contributed by atoms with Gasteiger partial charge in [-0.15, -0.1) is 0 Å². The zero-order chi connectivity index (χ0) is 31.8. The topological polar surface area (TPSA) is 125 Å². The minimum absolute atomic E-state index is 0.0988. The summed E-state index contributed by atoms with van der Waals surface area (Å²) in [7, 11) is 0. The van der Waals surface area contributed by atoms with E-state index < -0.39 is 5.41 Å². The van der Waals surface area contributed by atoms with Crippen LogP contribution < -0.4 is 10.1 Å². The average molecular weight is 619 g/mol. The molecular formula is C35H35FN8O2. The van der Waals surface area contributed by atoms with Crippen LogP contribution in [0, 0.1) is 11.2 Å². The maximum atomic E-state index is 14.8. The third-order valence-corrected chi connectivity index (χ3v) is 8.22. The number of carbonyl (C=O) groups is 1. The lowest BCUT2D eigenvalue weighted by Gasteiger charge is -2.17. The van der Waals surface area contributed by atoms with Crippen LogP contribution in [0.15, 0.2) is 67.1 Å². The smallest absolute Gasteiger partial charge is 0.229 e. The molecular weight excluding hydrogens is 583 g/mol. The Morgan fingerprint density at radius 1 is 1.04 bits per heavy atom. The SMILES string of the molecule is CC(C)(C)C(=O)Nc1cncc(-c2ccc3[nH]nc(-c4cc5c(-c6cc(F)cc(OCCN7CCCC7)c6)ccnc5[nH]4)c3n2)c1. The Morgan fingerprint density at radius 3 is 2.72 bits per heavy atom. The molecule has 1 aliphatic rings. The lowest BCUT2D eigenvalue weighted by Crippen LogP contribution is -2.27. The van der Waals surface area contributed by atoms with Crippen molar-refractivity contribution in [2.45, 2.75) is 33.6 Å². The number of anilines is 1. The molecule has 10 nitrogen and oxygen atoms in total. The highest BCUT2D eigenvalue weighted by molar-refractivity contribution is 5.99. The Labute approximate surface area is 265 Å². The quantitative estimate of drug-likeness (QED) is 0.171. The Kier molecular flexibility index (Phi) is 7.69. The van der Waals surface area contributed by atoms with Crippen LogP contribution in [0.3, 0.4) is 0 Å². The number of amides is 1. The summed E-state index contributed by atoms with van der Waals surface area (Å²) in [6.07, 6.45) is 7.47. The minimum Gasteiger partial charge on any atom is -0.492 e. The first-order chi connectivity index (χ1) is 22.2. The van der Waals surface area contributed by atoms with Crippen LogP contribution in [0.4, 0.5) is 10.1 Å². The number of rotatable bonds is 8. The normalized spacial score (nSPS) is 13.9. The Hall–Kier alpha value is -5.16. The summed E-state index contributed by atoms with van der Waals surface area (Å²) in [5, 5.41) is 11.4. The van der Waals surface area contributed by atoms with Gasteiger partial charge in [-0.05, 0) is 79.5 Å². The Morgan fingerprint density at radius 2 is 1.89 bits per heavy atom. The molecule has 5 aromatic heterocycles. The number of hydrogen-bond acceptors (Lipinski definition) is 7. The molecule has 1 saturated heterocycles. The summed E-state index contributed by atoms with van der Waals surface area (Å²) in [6.45, 7) is 9.10. The summed E-state index contributed by atoms with van der Waals surface area (Å²) in [5.41, 5.74) is 6.43. The molecule has 1 aliphatic heterocycles. The van der Waals surface area contributed by atoms with Gasteiger partial charge in [-0.1, -0.05) is 20.8 Å². The van der Waals surface area contributed by atoms with Crippen LogP contribution in [-0.4, -0.2) is 67.2 Å². The number of aromatic amines is 2. The molecule has 3 N–H and O–H groups in total. The highest BCUT2D eigenvalue weighted by Crippen LogP contribution is 2.35. The number of halogens is 1. The van der Waals surface area contributed by atoms with Gasteiger partial charge >= 0.3 is 0 Å². The second-order valence-electron chi connectivity index (χ2n) is 12.7. The number of ether oxygens (including phenoxy) is 1. The minimum atomic E-state index is -0.537. The number of pyridine rings is 3. The van der Waals surface area contributed by atoms with Crippen molar-refractivity contribution >= 4 is 33.7 Å². The van der Waals surface area contributed by atoms with E-state index in [-0.39, 0.29) is 11.7 Å². The fourth-order valence-electron chi connectivity index (χ4n) is 5.72. The molecule has 6 heterocycles. The molecule has 7 rings (SSSR count). The van der Waals surface area contributed by atoms with E-state index in [9.17, 15) is 9.18 Å². The third-order valence-electron chi connectivity index (χ3n) is 8.22. The average Bonchev–Trinajstić information content (AvgIpc) is 3.80. The van der Waals surface area contributed by atoms with Crippen molar-refractivity contribution in [3.8, 4) is 39.5 Å². The van der Waals surface area contributed by atoms with E-state index in [1.165, 1.54) is 25.0 Å². The van der Waals surface area contributed by atoms with Crippen molar-refractivity contribution < 1.29 is 13.9 Å². The zero-order valence-corrected chi connectivity index (χ0v) is 26.0. The maximum absolute atomic E-state index is 14.8. The van der Waals surface area contributed by atoms with Crippen LogP contribution in [-0.2, 0) is 4.79 Å². The van der Waals surface area contributed by atoms with Crippen LogP contribution in [0.25, 0.3) is 55.8 Å². The number of hydrogen-bond donors (Lipinski definition) is 3. The molecule has 0 bridgehead atoms. The van der Waals surface area contributed by atoms with E-state index in [1.54, 1.807) is 18.6 Å². The molecule has 0 radical (unpaired) electrons. The molecule has 0 spiro atoms. The first kappa shape index (κ1) is 29.5. The molecule has 46 heavy (non-hydrogen) atoms. The van der Waals surface area contributed by atoms with E-state index in [4.69, 9.17) is 9.72 Å². The second kappa shape index (κ2) is 12.0. The van der Waals surface area contributed by atoms with Crippen molar-refractivity contribution in [2.24, 2.45) is 5.41 Å². The number of likely N-dealkylation sites (tertiary alicyclic amines) is 1. The first-order valence-electron chi connectivity index (χ1n) is 15.5. The van der Waals surface area contributed by atoms with Crippen molar-refractivity contribution in [3.63, 3.8) is 0 Å². The standard InChI is InChI=1S/C35H35FN8O2/c1-35(2,3)34(45)39-24-15-22(19-37-20-24)28-6-7-29-31(40-28)32(43-42-29)30-18-27-26(8-9-38-33(27)41-30)21-14-23(36)17-25(16-21)46-13-12-44-10-4-5-11-44/h6-9,14-20H,4-5,10-13H2,1-3H3,(H,38,41)(H,39,45)(H,42,43). The van der Waals surface area contributed by atoms with Gasteiger partial charge in [0.1, 0.15) is 35.0 Å². The van der Waals surface area contributed by atoms with E-state index in [1.807, 2.05) is 57.2 Å². The number of nitrogens with zero attached hydrogens (tertiary/aromatic N) is 5. The van der Waals surface area contributed by atoms with Crippen LogP contribution in [0.2, 0.25) is 0 Å². The molecule has 0 unspecified atom stereocenters. The molecule has 0 aliphatic carbocycles. The number of nitrogens with one attached hydrogen (secondary N) is 3. The van der Waals surface area contributed by atoms with Gasteiger partial charge in [0.05, 0.1) is 28.8 Å². The van der Waals surface area contributed by atoms with Gasteiger partial charge in [-0.3, -0.25) is 19.8 Å². The molecule has 11 heteroatoms. The number of carbonyl (C=O) groups excluding carboxylic acids is 1. The van der Waals surface area contributed by atoms with E-state index in [0.29, 0.717) is 51.9 Å². The van der Waals surface area contributed by atoms with Gasteiger partial charge < -0.3 is 15.0 Å². The van der Waals surface area contributed by atoms with E-state index >= 15 is 0 Å². The van der Waals surface area contributed by atoms with Gasteiger partial charge in [-0.25, -0.2) is 14.4 Å². The summed E-state index contributed by atoms with van der Waals surface area (Å²) < 4.78 is 20.8. The highest BCUT2D eigenvalue weighted by atomic mass is 19.1. The fourth-order valence-corrected chi connectivity index (χ4v) is 5.72. The van der Waals surface area contributed by atoms with Gasteiger partial charge in [-0.2, -0.15) is 5.10 Å². The molecule has 0 saturated carbocycles. The van der Waals surface area contributed by atoms with E-state index in [0.717, 1.165) is 41.7 Å². The molecule has 0 atom stereocenters. The lowest BCUT2D eigenvalue weighted by atomic mass is 9.95. The summed E-state index contributed by atoms with van der Waals surface area (Å²) >= 11 is 0. The molecule has 1 amide bonds. The third kappa shape index (κ3) is 6.05. The summed E-state index contributed by atoms with van der Waals surface area (Å²) in [5.74, 6) is 0.0423.